The topological polar surface area (TPSA) is 22.2 Å². The van der Waals surface area contributed by atoms with Crippen LogP contribution in [0.4, 0.5) is 0 Å². The third-order valence-corrected chi connectivity index (χ3v) is 9.37. The maximum Gasteiger partial charge on any atom is 0.0645 e. The molecule has 0 amide bonds. The molecule has 0 N–H and O–H groups in total. The third-order valence-electron chi connectivity index (χ3n) is 9.37. The van der Waals surface area contributed by atoms with Gasteiger partial charge in [0, 0.05) is 68.2 Å². The number of ether oxygens (including phenoxy) is 1. The van der Waals surface area contributed by atoms with Crippen molar-refractivity contribution >= 4 is 0 Å². The van der Waals surface area contributed by atoms with Crippen LogP contribution in [0.1, 0.15) is 41.0 Å². The Bertz CT molecular complexity index is 613. The van der Waals surface area contributed by atoms with Crippen molar-refractivity contribution in [2.24, 2.45) is 22.7 Å². The molecule has 5 saturated heterocycles. The first kappa shape index (κ1) is 20.7. The largest absolute Gasteiger partial charge is 0.378 e. The highest BCUT2D eigenvalue weighted by Crippen LogP contribution is 2.57. The van der Waals surface area contributed by atoms with Gasteiger partial charge in [0.25, 0.3) is 0 Å². The molecule has 0 radical (unpaired) electrons. The van der Waals surface area contributed by atoms with Crippen LogP contribution in [-0.2, 0) is 4.74 Å². The van der Waals surface area contributed by atoms with Crippen molar-refractivity contribution in [1.29, 1.82) is 0 Å². The van der Waals surface area contributed by atoms with Crippen LogP contribution >= 0.6 is 0 Å². The van der Waals surface area contributed by atoms with Crippen molar-refractivity contribution in [3.63, 3.8) is 0 Å². The number of piperidine rings is 1. The van der Waals surface area contributed by atoms with Crippen molar-refractivity contribution in [3.8, 4) is 0 Å². The van der Waals surface area contributed by atoms with Gasteiger partial charge in [-0.3, -0.25) is 14.7 Å². The Labute approximate surface area is 178 Å². The molecule has 5 rings (SSSR count). The van der Waals surface area contributed by atoms with Crippen LogP contribution in [0.15, 0.2) is 0 Å². The number of nitrogens with zero attached hydrogens (tertiary/aromatic N) is 4. The number of hydrogen-bond acceptors (Lipinski definition) is 5. The molecule has 0 aromatic heterocycles. The SMILES string of the molecule is CC(C)N1CC2(CCN(C)CC2C2CN(C3COC3)CC23CN(C(C)(C)C)C3)C1. The number of hydrogen-bond donors (Lipinski definition) is 0. The first-order chi connectivity index (χ1) is 13.6. The van der Waals surface area contributed by atoms with Crippen LogP contribution in [0.5, 0.6) is 0 Å². The summed E-state index contributed by atoms with van der Waals surface area (Å²) in [5, 5.41) is 0. The molecule has 5 heteroatoms. The Hall–Kier alpha value is -0.200. The van der Waals surface area contributed by atoms with Gasteiger partial charge >= 0.3 is 0 Å². The first-order valence-electron chi connectivity index (χ1n) is 12.1. The normalized spacial score (nSPS) is 36.5. The second-order valence-electron chi connectivity index (χ2n) is 12.6. The second-order valence-corrected chi connectivity index (χ2v) is 12.6. The van der Waals surface area contributed by atoms with Crippen LogP contribution in [0, 0.1) is 22.7 Å². The quantitative estimate of drug-likeness (QED) is 0.716. The highest BCUT2D eigenvalue weighted by Gasteiger charge is 2.63. The summed E-state index contributed by atoms with van der Waals surface area (Å²) >= 11 is 0. The molecule has 166 valence electrons. The van der Waals surface area contributed by atoms with Gasteiger partial charge in [0.15, 0.2) is 0 Å². The van der Waals surface area contributed by atoms with Crippen LogP contribution in [0.3, 0.4) is 0 Å². The molecule has 0 saturated carbocycles. The summed E-state index contributed by atoms with van der Waals surface area (Å²) in [6.07, 6.45) is 1.40. The average molecular weight is 405 g/mol. The molecule has 0 bridgehead atoms. The van der Waals surface area contributed by atoms with Gasteiger partial charge in [-0.1, -0.05) is 0 Å². The Morgan fingerprint density at radius 1 is 0.897 bits per heavy atom. The molecule has 2 atom stereocenters. The van der Waals surface area contributed by atoms with E-state index in [4.69, 9.17) is 4.74 Å². The molecule has 5 fully saturated rings. The molecule has 5 heterocycles. The summed E-state index contributed by atoms with van der Waals surface area (Å²) < 4.78 is 5.59. The molecule has 5 aliphatic rings. The minimum atomic E-state index is 0.300. The molecule has 5 nitrogen and oxygen atoms in total. The molecule has 2 spiro atoms. The van der Waals surface area contributed by atoms with Crippen molar-refractivity contribution < 1.29 is 4.74 Å². The predicted molar refractivity (Wildman–Crippen MR) is 118 cm³/mol. The summed E-state index contributed by atoms with van der Waals surface area (Å²) in [7, 11) is 2.36. The van der Waals surface area contributed by atoms with Crippen LogP contribution in [0.2, 0.25) is 0 Å². The highest BCUT2D eigenvalue weighted by molar-refractivity contribution is 5.16. The van der Waals surface area contributed by atoms with Gasteiger partial charge in [-0.15, -0.1) is 0 Å². The minimum Gasteiger partial charge on any atom is -0.378 e. The van der Waals surface area contributed by atoms with Gasteiger partial charge in [-0.2, -0.15) is 0 Å². The van der Waals surface area contributed by atoms with Gasteiger partial charge in [-0.05, 0) is 66.5 Å². The van der Waals surface area contributed by atoms with E-state index in [1.807, 2.05) is 0 Å². The Morgan fingerprint density at radius 3 is 2.10 bits per heavy atom. The van der Waals surface area contributed by atoms with Gasteiger partial charge in [0.2, 0.25) is 0 Å². The second kappa shape index (κ2) is 6.90. The maximum absolute atomic E-state index is 5.59. The van der Waals surface area contributed by atoms with Gasteiger partial charge in [0.05, 0.1) is 19.3 Å². The molecule has 2 unspecified atom stereocenters. The summed E-state index contributed by atoms with van der Waals surface area (Å²) in [6, 6.07) is 1.38. The Kier molecular flexibility index (Phi) is 4.92. The van der Waals surface area contributed by atoms with Gasteiger partial charge in [-0.25, -0.2) is 0 Å². The standard InChI is InChI=1S/C24H44N4O/c1-18(2)27-13-23(14-27)7-8-25(6)9-20(23)21-10-26(19-11-29-12-19)15-24(21)16-28(17-24)22(3,4)5/h18-21H,7-17H2,1-6H3. The van der Waals surface area contributed by atoms with E-state index in [1.54, 1.807) is 0 Å². The van der Waals surface area contributed by atoms with Crippen molar-refractivity contribution in [3.05, 3.63) is 0 Å². The monoisotopic (exact) mass is 404 g/mol. The fourth-order valence-electron chi connectivity index (χ4n) is 7.12. The van der Waals surface area contributed by atoms with Gasteiger partial charge < -0.3 is 9.64 Å². The molecule has 0 aliphatic carbocycles. The smallest absolute Gasteiger partial charge is 0.0645 e. The molecule has 0 aromatic carbocycles. The maximum atomic E-state index is 5.59. The molecular formula is C24H44N4O. The first-order valence-corrected chi connectivity index (χ1v) is 12.1. The van der Waals surface area contributed by atoms with Gasteiger partial charge in [0.1, 0.15) is 0 Å². The summed E-state index contributed by atoms with van der Waals surface area (Å²) in [5.41, 5.74) is 1.38. The van der Waals surface area contributed by atoms with Crippen LogP contribution < -0.4 is 0 Å². The van der Waals surface area contributed by atoms with E-state index in [-0.39, 0.29) is 0 Å². The number of likely N-dealkylation sites (tertiary alicyclic amines) is 4. The number of rotatable bonds is 3. The lowest BCUT2D eigenvalue weighted by atomic mass is 9.54. The lowest BCUT2D eigenvalue weighted by Gasteiger charge is -2.64. The van der Waals surface area contributed by atoms with E-state index >= 15 is 0 Å². The van der Waals surface area contributed by atoms with Crippen LogP contribution in [0.25, 0.3) is 0 Å². The zero-order valence-corrected chi connectivity index (χ0v) is 19.8. The average Bonchev–Trinajstić information content (AvgIpc) is 2.88. The predicted octanol–water partition coefficient (Wildman–Crippen LogP) is 2.08. The van der Waals surface area contributed by atoms with Crippen LogP contribution in [-0.4, -0.2) is 110 Å². The van der Waals surface area contributed by atoms with Crippen molar-refractivity contribution in [1.82, 2.24) is 19.6 Å². The lowest BCUT2D eigenvalue weighted by molar-refractivity contribution is -0.156. The minimum absolute atomic E-state index is 0.300. The summed E-state index contributed by atoms with van der Waals surface area (Å²) in [6.45, 7) is 24.3. The molecule has 0 aromatic rings. The van der Waals surface area contributed by atoms with Crippen molar-refractivity contribution in [2.75, 3.05) is 72.6 Å². The van der Waals surface area contributed by atoms with E-state index in [1.165, 1.54) is 58.8 Å². The van der Waals surface area contributed by atoms with Crippen molar-refractivity contribution in [2.45, 2.75) is 58.7 Å². The zero-order chi connectivity index (χ0) is 20.6. The Morgan fingerprint density at radius 2 is 1.55 bits per heavy atom. The molecule has 5 aliphatic heterocycles. The highest BCUT2D eigenvalue weighted by atomic mass is 16.5. The summed E-state index contributed by atoms with van der Waals surface area (Å²) in [4.78, 5) is 10.9. The van der Waals surface area contributed by atoms with E-state index in [0.717, 1.165) is 25.0 Å². The van der Waals surface area contributed by atoms with E-state index in [0.29, 0.717) is 28.5 Å². The lowest BCUT2D eigenvalue weighted by Crippen LogP contribution is -2.71. The fourth-order valence-corrected chi connectivity index (χ4v) is 7.12. The molecule has 29 heavy (non-hydrogen) atoms. The van der Waals surface area contributed by atoms with E-state index in [9.17, 15) is 0 Å². The summed E-state index contributed by atoms with van der Waals surface area (Å²) in [5.74, 6) is 1.70. The fraction of sp³-hybridized carbons (Fsp3) is 1.00. The van der Waals surface area contributed by atoms with E-state index in [2.05, 4.69) is 61.3 Å². The zero-order valence-electron chi connectivity index (χ0n) is 19.8. The third kappa shape index (κ3) is 3.31. The van der Waals surface area contributed by atoms with E-state index < -0.39 is 0 Å². The Balaban J connectivity index is 1.40. The molecular weight excluding hydrogens is 360 g/mol.